The summed E-state index contributed by atoms with van der Waals surface area (Å²) in [4.78, 5) is 0. The van der Waals surface area contributed by atoms with Crippen molar-refractivity contribution < 1.29 is 30.9 Å². The second-order valence-corrected chi connectivity index (χ2v) is 1.58. The minimum absolute atomic E-state index is 0. The number of rotatable bonds is 1. The summed E-state index contributed by atoms with van der Waals surface area (Å²) in [5, 5.41) is 8.14. The van der Waals surface area contributed by atoms with Crippen molar-refractivity contribution in [2.24, 2.45) is 5.92 Å². The molecule has 0 unspecified atom stereocenters. The van der Waals surface area contributed by atoms with Gasteiger partial charge in [0.05, 0.1) is 0 Å². The fourth-order valence-electron chi connectivity index (χ4n) is 0. The van der Waals surface area contributed by atoms with E-state index in [4.69, 9.17) is 5.11 Å². The van der Waals surface area contributed by atoms with Gasteiger partial charge in [0, 0.05) is 32.5 Å². The first kappa shape index (κ1) is 9.95. The van der Waals surface area contributed by atoms with Crippen LogP contribution in [0.1, 0.15) is 13.8 Å². The van der Waals surface area contributed by atoms with E-state index in [1.54, 1.807) is 0 Å². The molecular weight excluding hydrogens is 243 g/mol. The maximum atomic E-state index is 8.14. The van der Waals surface area contributed by atoms with E-state index in [1.165, 1.54) is 0 Å². The van der Waals surface area contributed by atoms with Crippen LogP contribution in [-0.2, 0) is 25.8 Å². The minimum Gasteiger partial charge on any atom is -0.396 e. The molecule has 0 aliphatic carbocycles. The number of aliphatic hydroxyl groups excluding tert-OH is 1. The largest absolute Gasteiger partial charge is 0.396 e. The van der Waals surface area contributed by atoms with Gasteiger partial charge < -0.3 is 5.11 Å². The molecule has 1 N–H and O–H groups in total. The summed E-state index contributed by atoms with van der Waals surface area (Å²) in [5.74, 6) is 0.440. The molecule has 1 nitrogen and oxygen atoms in total. The maximum absolute atomic E-state index is 8.14. The van der Waals surface area contributed by atoms with Crippen molar-refractivity contribution in [2.75, 3.05) is 6.61 Å². The predicted octanol–water partition coefficient (Wildman–Crippen LogP) is 0.632. The van der Waals surface area contributed by atoms with Gasteiger partial charge in [-0.1, -0.05) is 13.8 Å². The monoisotopic (exact) mass is 254 g/mol. The van der Waals surface area contributed by atoms with Crippen molar-refractivity contribution in [3.8, 4) is 0 Å². The molecule has 0 fully saturated rings. The Kier molecular flexibility index (Phi) is 9.67. The molecule has 0 saturated carbocycles. The third-order valence-electron chi connectivity index (χ3n) is 0.365. The summed E-state index contributed by atoms with van der Waals surface area (Å²) in [5.41, 5.74) is 0. The smallest absolute Gasteiger partial charge is 0.0453 e. The van der Waals surface area contributed by atoms with Crippen LogP contribution in [0.5, 0.6) is 0 Å². The van der Waals surface area contributed by atoms with E-state index >= 15 is 0 Å². The van der Waals surface area contributed by atoms with Crippen molar-refractivity contribution >= 4 is 0 Å². The van der Waals surface area contributed by atoms with Gasteiger partial charge in [-0.2, -0.15) is 0 Å². The maximum Gasteiger partial charge on any atom is 0.0453 e. The third kappa shape index (κ3) is 8.85. The van der Waals surface area contributed by atoms with E-state index in [2.05, 4.69) is 0 Å². The third-order valence-corrected chi connectivity index (χ3v) is 0.365. The summed E-state index contributed by atoms with van der Waals surface area (Å²) in [7, 11) is 0. The molecule has 0 aliphatic heterocycles. The Labute approximate surface area is 57.5 Å². The molecule has 6 heavy (non-hydrogen) atoms. The average Bonchev–Trinajstić information content (AvgIpc) is 1.38. The van der Waals surface area contributed by atoms with E-state index in [-0.39, 0.29) is 25.8 Å². The Hall–Kier alpha value is 0.830. The first-order valence-electron chi connectivity index (χ1n) is 1.88. The molecule has 0 rings (SSSR count). The van der Waals surface area contributed by atoms with Crippen LogP contribution in [0.3, 0.4) is 0 Å². The fourth-order valence-corrected chi connectivity index (χ4v) is 0. The number of hydrogen-bond donors (Lipinski definition) is 1. The number of hydrogen-bond acceptors (Lipinski definition) is 1. The Morgan fingerprint density at radius 3 is 1.67 bits per heavy atom. The van der Waals surface area contributed by atoms with Crippen LogP contribution in [-0.4, -0.2) is 11.7 Å². The molecule has 0 aromatic carbocycles. The molecule has 0 aliphatic rings. The van der Waals surface area contributed by atoms with E-state index in [9.17, 15) is 0 Å². The normalized spacial score (nSPS) is 8.00. The zero-order chi connectivity index (χ0) is 4.28. The van der Waals surface area contributed by atoms with Crippen LogP contribution in [0, 0.1) is 5.92 Å². The first-order valence-corrected chi connectivity index (χ1v) is 1.88. The Morgan fingerprint density at radius 1 is 1.50 bits per heavy atom. The SMILES string of the molecule is CC(C)CO.[Hf]. The van der Waals surface area contributed by atoms with E-state index in [0.29, 0.717) is 12.5 Å². The van der Waals surface area contributed by atoms with Gasteiger partial charge in [0.2, 0.25) is 0 Å². The second-order valence-electron chi connectivity index (χ2n) is 1.58. The molecule has 0 aromatic rings. The minimum atomic E-state index is 0. The van der Waals surface area contributed by atoms with Gasteiger partial charge in [0.25, 0.3) is 0 Å². The van der Waals surface area contributed by atoms with Crippen LogP contribution >= 0.6 is 0 Å². The molecular formula is C4H10HfO. The zero-order valence-corrected chi connectivity index (χ0v) is 7.82. The molecule has 0 amide bonds. The summed E-state index contributed by atoms with van der Waals surface area (Å²) in [6.45, 7) is 4.25. The summed E-state index contributed by atoms with van der Waals surface area (Å²) in [6.07, 6.45) is 0. The van der Waals surface area contributed by atoms with Gasteiger partial charge >= 0.3 is 0 Å². The zero-order valence-electron chi connectivity index (χ0n) is 4.23. The molecule has 36 valence electrons. The van der Waals surface area contributed by atoms with Crippen molar-refractivity contribution in [1.29, 1.82) is 0 Å². The van der Waals surface area contributed by atoms with Crippen molar-refractivity contribution in [3.63, 3.8) is 0 Å². The molecule has 0 bridgehead atoms. The van der Waals surface area contributed by atoms with E-state index in [0.717, 1.165) is 0 Å². The number of aliphatic hydroxyl groups is 1. The van der Waals surface area contributed by atoms with Crippen LogP contribution in [0.4, 0.5) is 0 Å². The van der Waals surface area contributed by atoms with Crippen LogP contribution < -0.4 is 0 Å². The second kappa shape index (κ2) is 5.83. The van der Waals surface area contributed by atoms with E-state index in [1.807, 2.05) is 13.8 Å². The standard InChI is InChI=1S/C4H10O.Hf/c1-4(2)3-5;/h4-5H,3H2,1-2H3;. The molecule has 0 atom stereocenters. The Balaban J connectivity index is 0. The molecule has 0 heterocycles. The summed E-state index contributed by atoms with van der Waals surface area (Å²) >= 11 is 0. The topological polar surface area (TPSA) is 20.2 Å². The predicted molar refractivity (Wildman–Crippen MR) is 21.9 cm³/mol. The van der Waals surface area contributed by atoms with Crippen molar-refractivity contribution in [2.45, 2.75) is 13.8 Å². The molecule has 0 radical (unpaired) electrons. The summed E-state index contributed by atoms with van der Waals surface area (Å²) in [6, 6.07) is 0. The summed E-state index contributed by atoms with van der Waals surface area (Å²) < 4.78 is 0. The van der Waals surface area contributed by atoms with Crippen LogP contribution in [0.25, 0.3) is 0 Å². The van der Waals surface area contributed by atoms with Gasteiger partial charge in [-0.25, -0.2) is 0 Å². The molecule has 0 aromatic heterocycles. The molecule has 0 saturated heterocycles. The van der Waals surface area contributed by atoms with Crippen molar-refractivity contribution in [1.82, 2.24) is 0 Å². The Morgan fingerprint density at radius 2 is 1.67 bits per heavy atom. The van der Waals surface area contributed by atoms with Gasteiger partial charge in [0.15, 0.2) is 0 Å². The fraction of sp³-hybridized carbons (Fsp3) is 1.00. The molecule has 0 spiro atoms. The Bertz CT molecular complexity index is 21.5. The van der Waals surface area contributed by atoms with Gasteiger partial charge in [-0.15, -0.1) is 0 Å². The average molecular weight is 253 g/mol. The van der Waals surface area contributed by atoms with Crippen LogP contribution in [0.15, 0.2) is 0 Å². The van der Waals surface area contributed by atoms with E-state index < -0.39 is 0 Å². The van der Waals surface area contributed by atoms with Gasteiger partial charge in [-0.3, -0.25) is 0 Å². The van der Waals surface area contributed by atoms with Crippen LogP contribution in [0.2, 0.25) is 0 Å². The van der Waals surface area contributed by atoms with Gasteiger partial charge in [0.1, 0.15) is 0 Å². The first-order chi connectivity index (χ1) is 2.27. The van der Waals surface area contributed by atoms with Crippen molar-refractivity contribution in [3.05, 3.63) is 0 Å². The van der Waals surface area contributed by atoms with Gasteiger partial charge in [-0.05, 0) is 5.92 Å². The molecule has 2 heteroatoms. The quantitative estimate of drug-likeness (QED) is 0.679.